The van der Waals surface area contributed by atoms with E-state index < -0.39 is 24.2 Å². The number of hydrogen-bond donors (Lipinski definition) is 0. The molecule has 9 rings (SSSR count). The van der Waals surface area contributed by atoms with E-state index in [0.717, 1.165) is 22.1 Å². The fraction of sp³-hybridized carbons (Fsp3) is 0. The normalized spacial score (nSPS) is 14.4. The lowest BCUT2D eigenvalue weighted by Gasteiger charge is -2.20. The summed E-state index contributed by atoms with van der Waals surface area (Å²) in [5.41, 5.74) is 5.95. The number of hydrogen-bond acceptors (Lipinski definition) is 1. The van der Waals surface area contributed by atoms with E-state index in [0.29, 0.717) is 39.3 Å². The van der Waals surface area contributed by atoms with Crippen LogP contribution in [0, 0.1) is 0 Å². The van der Waals surface area contributed by atoms with Crippen LogP contribution in [0.5, 0.6) is 0 Å². The highest BCUT2D eigenvalue weighted by Gasteiger charge is 2.23. The summed E-state index contributed by atoms with van der Waals surface area (Å²) in [7, 11) is 0. The van der Waals surface area contributed by atoms with E-state index in [1.165, 1.54) is 0 Å². The second kappa shape index (κ2) is 10.4. The molecule has 1 nitrogen and oxygen atoms in total. The molecule has 1 heterocycles. The molecule has 9 aromatic rings. The minimum Gasteiger partial charge on any atom is -0.456 e. The van der Waals surface area contributed by atoms with Gasteiger partial charge in [-0.3, -0.25) is 0 Å². The Labute approximate surface area is 274 Å². The van der Waals surface area contributed by atoms with E-state index >= 15 is 0 Å². The van der Waals surface area contributed by atoms with Crippen LogP contribution in [0.25, 0.3) is 88.0 Å². The van der Waals surface area contributed by atoms with Gasteiger partial charge in [-0.25, -0.2) is 0 Å². The molecule has 0 aliphatic rings. The molecule has 0 N–H and O–H groups in total. The number of rotatable bonds is 4. The van der Waals surface area contributed by atoms with Crippen LogP contribution in [0.3, 0.4) is 0 Å². The van der Waals surface area contributed by atoms with Crippen LogP contribution >= 0.6 is 0 Å². The van der Waals surface area contributed by atoms with Crippen molar-refractivity contribution in [2.45, 2.75) is 0 Å². The first kappa shape index (κ1) is 18.0. The molecule has 0 saturated carbocycles. The molecule has 0 aliphatic carbocycles. The van der Waals surface area contributed by atoms with E-state index in [-0.39, 0.29) is 56.8 Å². The van der Waals surface area contributed by atoms with Crippen molar-refractivity contribution in [1.29, 1.82) is 0 Å². The van der Waals surface area contributed by atoms with Crippen molar-refractivity contribution in [3.05, 3.63) is 170 Å². The van der Waals surface area contributed by atoms with Crippen molar-refractivity contribution in [3.8, 4) is 44.5 Å². The van der Waals surface area contributed by atoms with E-state index in [4.69, 9.17) is 11.3 Å². The molecule has 210 valence electrons. The van der Waals surface area contributed by atoms with Crippen LogP contribution in [0.2, 0.25) is 0 Å². The molecule has 1 heteroatoms. The molecule has 45 heavy (non-hydrogen) atoms. The monoisotopic (exact) mass is 581 g/mol. The van der Waals surface area contributed by atoms with Crippen molar-refractivity contribution >= 4 is 43.5 Å². The maximum Gasteiger partial charge on any atom is 0.136 e. The van der Waals surface area contributed by atoms with Crippen LogP contribution in [-0.4, -0.2) is 0 Å². The van der Waals surface area contributed by atoms with Crippen molar-refractivity contribution < 1.29 is 16.8 Å². The van der Waals surface area contributed by atoms with Gasteiger partial charge < -0.3 is 4.42 Å². The number of furan rings is 1. The van der Waals surface area contributed by atoms with E-state index in [9.17, 15) is 5.48 Å². The van der Waals surface area contributed by atoms with Gasteiger partial charge in [0, 0.05) is 16.3 Å². The minimum absolute atomic E-state index is 0.138. The van der Waals surface area contributed by atoms with Crippen molar-refractivity contribution in [1.82, 2.24) is 0 Å². The zero-order valence-corrected chi connectivity index (χ0v) is 23.9. The molecular weight excluding hydrogens is 544 g/mol. The first-order valence-electron chi connectivity index (χ1n) is 19.2. The highest BCUT2D eigenvalue weighted by atomic mass is 16.3. The van der Waals surface area contributed by atoms with Gasteiger partial charge in [0.25, 0.3) is 0 Å². The van der Waals surface area contributed by atoms with Crippen LogP contribution in [0.4, 0.5) is 0 Å². The SMILES string of the molecule is [2H]c1ccc(-c2ccc(-c3c4c([2H])c([2H])c([2H])c([2H])c4c(-c4c(-c5ccccc5)ccc5oc6ccccc6c45)c4c([2H])c([2H])c([2H])c([2H])c34)cc2)cc1. The molecule has 0 fully saturated rings. The Morgan fingerprint density at radius 3 is 1.60 bits per heavy atom. The van der Waals surface area contributed by atoms with Gasteiger partial charge >= 0.3 is 0 Å². The maximum atomic E-state index is 9.52. The second-order valence-electron chi connectivity index (χ2n) is 10.9. The first-order chi connectivity index (χ1) is 26.1. The van der Waals surface area contributed by atoms with E-state index in [1.807, 2.05) is 91.0 Å². The molecule has 0 amide bonds. The molecule has 0 spiro atoms. The standard InChI is InChI=1S/C44H28O/c1-3-13-29(14-4-1)30-23-25-32(26-24-30)41-34-17-7-9-19-36(34)42(37-20-10-8-18-35(37)41)44-33(31-15-5-2-6-16-31)27-28-40-43(44)38-21-11-12-22-39(38)45-40/h1-28H/i1D,7D,8D,9D,10D,17D,18D,19D,20D. The summed E-state index contributed by atoms with van der Waals surface area (Å²) in [5, 5.41) is 1.97. The second-order valence-corrected chi connectivity index (χ2v) is 10.9. The quantitative estimate of drug-likeness (QED) is 0.188. The largest absolute Gasteiger partial charge is 0.456 e. The summed E-state index contributed by atoms with van der Waals surface area (Å²) in [4.78, 5) is 0. The molecule has 8 aromatic carbocycles. The lowest BCUT2D eigenvalue weighted by Crippen LogP contribution is -1.93. The van der Waals surface area contributed by atoms with Gasteiger partial charge in [0.05, 0.1) is 12.3 Å². The average molecular weight is 582 g/mol. The van der Waals surface area contributed by atoms with E-state index in [2.05, 4.69) is 0 Å². The lowest BCUT2D eigenvalue weighted by molar-refractivity contribution is 0.669. The maximum absolute atomic E-state index is 9.52. The van der Waals surface area contributed by atoms with Gasteiger partial charge in [-0.1, -0.05) is 158 Å². The fourth-order valence-corrected chi connectivity index (χ4v) is 6.51. The highest BCUT2D eigenvalue weighted by molar-refractivity contribution is 6.27. The van der Waals surface area contributed by atoms with Gasteiger partial charge in [0.1, 0.15) is 11.2 Å². The molecule has 0 aliphatic heterocycles. The Morgan fingerprint density at radius 2 is 0.911 bits per heavy atom. The Hall–Kier alpha value is -5.92. The molecule has 0 saturated heterocycles. The van der Waals surface area contributed by atoms with Crippen LogP contribution < -0.4 is 0 Å². The topological polar surface area (TPSA) is 13.1 Å². The Bertz CT molecular complexity index is 2930. The van der Waals surface area contributed by atoms with Crippen LogP contribution in [0.15, 0.2) is 174 Å². The Kier molecular flexibility index (Phi) is 4.15. The summed E-state index contributed by atoms with van der Waals surface area (Å²) in [6.45, 7) is 0. The van der Waals surface area contributed by atoms with Crippen LogP contribution in [-0.2, 0) is 0 Å². The predicted octanol–water partition coefficient (Wildman–Crippen LogP) is 12.6. The van der Waals surface area contributed by atoms with Crippen molar-refractivity contribution in [3.63, 3.8) is 0 Å². The molecular formula is C44H28O. The Morgan fingerprint density at radius 1 is 0.356 bits per heavy atom. The van der Waals surface area contributed by atoms with Gasteiger partial charge in [-0.2, -0.15) is 0 Å². The summed E-state index contributed by atoms with van der Waals surface area (Å²) in [6, 6.07) is 32.5. The first-order valence-corrected chi connectivity index (χ1v) is 14.7. The molecule has 0 bridgehead atoms. The average Bonchev–Trinajstić information content (AvgIpc) is 3.59. The summed E-state index contributed by atoms with van der Waals surface area (Å²) >= 11 is 0. The number of benzene rings is 8. The molecule has 0 unspecified atom stereocenters. The summed E-state index contributed by atoms with van der Waals surface area (Å²) in [6.07, 6.45) is 0. The molecule has 1 aromatic heterocycles. The van der Waals surface area contributed by atoms with Gasteiger partial charge in [-0.15, -0.1) is 0 Å². The highest BCUT2D eigenvalue weighted by Crippen LogP contribution is 2.50. The minimum atomic E-state index is -0.460. The summed E-state index contributed by atoms with van der Waals surface area (Å²) in [5.74, 6) is 0. The van der Waals surface area contributed by atoms with Crippen molar-refractivity contribution in [2.24, 2.45) is 0 Å². The van der Waals surface area contributed by atoms with Crippen LogP contribution in [0.1, 0.15) is 12.3 Å². The zero-order chi connectivity index (χ0) is 37.6. The van der Waals surface area contributed by atoms with Gasteiger partial charge in [0.2, 0.25) is 0 Å². The molecule has 0 atom stereocenters. The Balaban J connectivity index is 1.55. The third-order valence-electron chi connectivity index (χ3n) is 8.48. The lowest BCUT2D eigenvalue weighted by atomic mass is 9.82. The smallest absolute Gasteiger partial charge is 0.136 e. The fourth-order valence-electron chi connectivity index (χ4n) is 6.51. The predicted molar refractivity (Wildman–Crippen MR) is 190 cm³/mol. The third kappa shape index (κ3) is 4.09. The third-order valence-corrected chi connectivity index (χ3v) is 8.48. The number of fused-ring (bicyclic) bond motifs is 5. The number of para-hydroxylation sites is 1. The van der Waals surface area contributed by atoms with Crippen molar-refractivity contribution in [2.75, 3.05) is 0 Å². The van der Waals surface area contributed by atoms with E-state index in [1.54, 1.807) is 24.3 Å². The zero-order valence-electron chi connectivity index (χ0n) is 32.9. The van der Waals surface area contributed by atoms with Gasteiger partial charge in [-0.05, 0) is 72.6 Å². The summed E-state index contributed by atoms with van der Waals surface area (Å²) < 4.78 is 87.7. The van der Waals surface area contributed by atoms with Gasteiger partial charge in [0.15, 0.2) is 0 Å². The molecule has 0 radical (unpaired) electrons.